The molecular weight excluding hydrogens is 753 g/mol. The molecule has 0 saturated heterocycles. The third-order valence-electron chi connectivity index (χ3n) is 12.1. The van der Waals surface area contributed by atoms with Crippen molar-refractivity contribution in [1.29, 1.82) is 0 Å². The van der Waals surface area contributed by atoms with E-state index in [4.69, 9.17) is 9.97 Å². The molecule has 0 unspecified atom stereocenters. The van der Waals surface area contributed by atoms with Crippen LogP contribution in [0.4, 0.5) is 0 Å². The molecule has 0 aliphatic rings. The minimum Gasteiger partial charge on any atom is -0.309 e. The third-order valence-corrected chi connectivity index (χ3v) is 12.1. The van der Waals surface area contributed by atoms with Crippen LogP contribution in [-0.4, -0.2) is 19.1 Å². The van der Waals surface area contributed by atoms with Gasteiger partial charge in [-0.2, -0.15) is 0 Å². The van der Waals surface area contributed by atoms with Crippen LogP contribution in [0.25, 0.3) is 111 Å². The Morgan fingerprint density at radius 2 is 0.823 bits per heavy atom. The predicted molar refractivity (Wildman–Crippen MR) is 258 cm³/mol. The SMILES string of the molecule is c1ccc(-c2cc(-c3cc(-c4ccccc4)c(-n4c5ccccc5c5c4ccc4c6ccccc6n(-c6ccccc6)c45)cc3-c3ccccc3)nc(-c3ccccc3)n2)cc1. The van der Waals surface area contributed by atoms with Gasteiger partial charge in [-0.25, -0.2) is 9.97 Å². The molecule has 0 N–H and O–H groups in total. The second-order valence-electron chi connectivity index (χ2n) is 15.7. The van der Waals surface area contributed by atoms with Crippen LogP contribution in [0.2, 0.25) is 0 Å². The van der Waals surface area contributed by atoms with Gasteiger partial charge in [-0.15, -0.1) is 0 Å². The second-order valence-corrected chi connectivity index (χ2v) is 15.7. The molecule has 12 rings (SSSR count). The Kier molecular flexibility index (Phi) is 8.46. The molecule has 0 atom stereocenters. The summed E-state index contributed by atoms with van der Waals surface area (Å²) in [5.41, 5.74) is 16.1. The summed E-state index contributed by atoms with van der Waals surface area (Å²) in [6, 6.07) is 82.2. The minimum absolute atomic E-state index is 0.687. The fourth-order valence-corrected chi connectivity index (χ4v) is 9.36. The van der Waals surface area contributed by atoms with Crippen molar-refractivity contribution < 1.29 is 0 Å². The van der Waals surface area contributed by atoms with Crippen molar-refractivity contribution in [3.8, 4) is 67.5 Å². The lowest BCUT2D eigenvalue weighted by Crippen LogP contribution is -2.02. The number of rotatable bonds is 7. The molecule has 62 heavy (non-hydrogen) atoms. The highest BCUT2D eigenvalue weighted by molar-refractivity contribution is 6.26. The Morgan fingerprint density at radius 3 is 1.48 bits per heavy atom. The zero-order valence-electron chi connectivity index (χ0n) is 33.7. The first-order valence-corrected chi connectivity index (χ1v) is 21.1. The summed E-state index contributed by atoms with van der Waals surface area (Å²) in [6.45, 7) is 0. The third kappa shape index (κ3) is 5.84. The molecule has 0 amide bonds. The molecule has 12 aromatic rings. The van der Waals surface area contributed by atoms with Gasteiger partial charge in [-0.05, 0) is 65.2 Å². The summed E-state index contributed by atoms with van der Waals surface area (Å²) in [5.74, 6) is 0.687. The summed E-state index contributed by atoms with van der Waals surface area (Å²) < 4.78 is 4.94. The summed E-state index contributed by atoms with van der Waals surface area (Å²) in [4.78, 5) is 10.5. The van der Waals surface area contributed by atoms with Crippen molar-refractivity contribution in [3.05, 3.63) is 231 Å². The van der Waals surface area contributed by atoms with Crippen LogP contribution in [0, 0.1) is 0 Å². The van der Waals surface area contributed by atoms with Crippen LogP contribution in [-0.2, 0) is 0 Å². The molecule has 4 nitrogen and oxygen atoms in total. The largest absolute Gasteiger partial charge is 0.309 e. The van der Waals surface area contributed by atoms with E-state index in [0.29, 0.717) is 5.82 Å². The zero-order valence-corrected chi connectivity index (χ0v) is 33.7. The topological polar surface area (TPSA) is 35.6 Å². The Labute approximate surface area is 359 Å². The van der Waals surface area contributed by atoms with Gasteiger partial charge >= 0.3 is 0 Å². The van der Waals surface area contributed by atoms with Gasteiger partial charge in [0, 0.05) is 49.5 Å². The van der Waals surface area contributed by atoms with Crippen molar-refractivity contribution in [2.75, 3.05) is 0 Å². The van der Waals surface area contributed by atoms with Gasteiger partial charge < -0.3 is 9.13 Å². The fourth-order valence-electron chi connectivity index (χ4n) is 9.36. The molecule has 0 bridgehead atoms. The van der Waals surface area contributed by atoms with Gasteiger partial charge in [-0.1, -0.05) is 182 Å². The monoisotopic (exact) mass is 790 g/mol. The maximum atomic E-state index is 5.39. The number of fused-ring (bicyclic) bond motifs is 7. The van der Waals surface area contributed by atoms with Gasteiger partial charge in [-0.3, -0.25) is 0 Å². The van der Waals surface area contributed by atoms with Gasteiger partial charge in [0.15, 0.2) is 5.82 Å². The van der Waals surface area contributed by atoms with Gasteiger partial charge in [0.25, 0.3) is 0 Å². The number of aromatic nitrogens is 4. The quantitative estimate of drug-likeness (QED) is 0.161. The maximum absolute atomic E-state index is 5.39. The molecule has 3 heterocycles. The standard InChI is InChI=1S/C58H38N4/c1-6-20-39(21-7-1)47-37-55(48(40-22-8-2-9-23-40)36-49(47)51-38-50(41-24-10-3-11-25-41)59-58(60-51)42-26-12-4-13-27-42)62-53-33-19-17-31-46(53)56-54(62)35-34-45-44-30-16-18-32-52(44)61(57(45)56)43-28-14-5-15-29-43/h1-38H. The fraction of sp³-hybridized carbons (Fsp3) is 0. The van der Waals surface area contributed by atoms with Crippen LogP contribution in [0.15, 0.2) is 231 Å². The van der Waals surface area contributed by atoms with E-state index in [1.807, 2.05) is 24.3 Å². The first-order valence-electron chi connectivity index (χ1n) is 21.1. The van der Waals surface area contributed by atoms with Gasteiger partial charge in [0.05, 0.1) is 39.1 Å². The van der Waals surface area contributed by atoms with E-state index in [2.05, 4.69) is 215 Å². The normalized spacial score (nSPS) is 11.5. The van der Waals surface area contributed by atoms with Crippen molar-refractivity contribution in [1.82, 2.24) is 19.1 Å². The Hall–Kier alpha value is -8.34. The lowest BCUT2D eigenvalue weighted by Gasteiger charge is -2.20. The van der Waals surface area contributed by atoms with E-state index in [1.54, 1.807) is 0 Å². The average Bonchev–Trinajstić information content (AvgIpc) is 3.88. The number of nitrogens with zero attached hydrogens (tertiary/aromatic N) is 4. The zero-order chi connectivity index (χ0) is 41.0. The molecule has 290 valence electrons. The van der Waals surface area contributed by atoms with Crippen LogP contribution in [0.3, 0.4) is 0 Å². The van der Waals surface area contributed by atoms with Crippen LogP contribution in [0.1, 0.15) is 0 Å². The van der Waals surface area contributed by atoms with E-state index in [9.17, 15) is 0 Å². The number of para-hydroxylation sites is 3. The smallest absolute Gasteiger partial charge is 0.160 e. The van der Waals surface area contributed by atoms with Gasteiger partial charge in [0.2, 0.25) is 0 Å². The van der Waals surface area contributed by atoms with Crippen molar-refractivity contribution in [2.45, 2.75) is 0 Å². The molecule has 0 saturated carbocycles. The summed E-state index contributed by atoms with van der Waals surface area (Å²) in [5, 5.41) is 4.89. The molecule has 0 aliphatic heterocycles. The van der Waals surface area contributed by atoms with Crippen molar-refractivity contribution in [2.24, 2.45) is 0 Å². The van der Waals surface area contributed by atoms with Crippen LogP contribution < -0.4 is 0 Å². The van der Waals surface area contributed by atoms with E-state index >= 15 is 0 Å². The van der Waals surface area contributed by atoms with Gasteiger partial charge in [0.1, 0.15) is 0 Å². The second kappa shape index (κ2) is 14.7. The van der Waals surface area contributed by atoms with Crippen molar-refractivity contribution >= 4 is 43.6 Å². The molecule has 0 spiro atoms. The summed E-state index contributed by atoms with van der Waals surface area (Å²) in [6.07, 6.45) is 0. The Morgan fingerprint density at radius 1 is 0.306 bits per heavy atom. The highest BCUT2D eigenvalue weighted by Crippen LogP contribution is 2.46. The minimum atomic E-state index is 0.687. The number of hydrogen-bond acceptors (Lipinski definition) is 2. The van der Waals surface area contributed by atoms with Crippen molar-refractivity contribution in [3.63, 3.8) is 0 Å². The lowest BCUT2D eigenvalue weighted by molar-refractivity contribution is 1.17. The van der Waals surface area contributed by atoms with E-state index in [1.165, 1.54) is 32.6 Å². The molecule has 3 aromatic heterocycles. The first kappa shape index (κ1) is 35.6. The van der Waals surface area contributed by atoms with E-state index in [0.717, 1.165) is 72.7 Å². The lowest BCUT2D eigenvalue weighted by atomic mass is 9.91. The summed E-state index contributed by atoms with van der Waals surface area (Å²) in [7, 11) is 0. The Balaban J connectivity index is 1.21. The predicted octanol–water partition coefficient (Wildman–Crippen LogP) is 15.0. The molecule has 9 aromatic carbocycles. The molecule has 4 heteroatoms. The molecule has 0 aliphatic carbocycles. The highest BCUT2D eigenvalue weighted by Gasteiger charge is 2.24. The molecule has 0 fully saturated rings. The molecular formula is C58H38N4. The average molecular weight is 791 g/mol. The van der Waals surface area contributed by atoms with Crippen LogP contribution in [0.5, 0.6) is 0 Å². The first-order chi connectivity index (χ1) is 30.8. The Bertz CT molecular complexity index is 3530. The highest BCUT2D eigenvalue weighted by atomic mass is 15.0. The van der Waals surface area contributed by atoms with E-state index < -0.39 is 0 Å². The summed E-state index contributed by atoms with van der Waals surface area (Å²) >= 11 is 0. The van der Waals surface area contributed by atoms with E-state index in [-0.39, 0.29) is 0 Å². The van der Waals surface area contributed by atoms with Crippen LogP contribution >= 0.6 is 0 Å². The number of benzene rings is 9. The number of hydrogen-bond donors (Lipinski definition) is 0. The molecule has 0 radical (unpaired) electrons. The maximum Gasteiger partial charge on any atom is 0.160 e.